The number of hydrogen-bond acceptors (Lipinski definition) is 4. The van der Waals surface area contributed by atoms with Crippen LogP contribution < -0.4 is 5.32 Å². The van der Waals surface area contributed by atoms with Gasteiger partial charge in [-0.15, -0.1) is 11.3 Å². The minimum absolute atomic E-state index is 0.259. The summed E-state index contributed by atoms with van der Waals surface area (Å²) in [7, 11) is 0. The fourth-order valence-electron chi connectivity index (χ4n) is 3.79. The number of carbonyl (C=O) groups excluding carboxylic acids is 2. The van der Waals surface area contributed by atoms with Crippen LogP contribution in [0.3, 0.4) is 0 Å². The Balaban J connectivity index is 1.64. The van der Waals surface area contributed by atoms with Crippen molar-refractivity contribution in [2.45, 2.75) is 20.8 Å². The van der Waals surface area contributed by atoms with Gasteiger partial charge in [0.1, 0.15) is 10.6 Å². The van der Waals surface area contributed by atoms with Crippen molar-refractivity contribution in [1.82, 2.24) is 0 Å². The molecule has 0 unspecified atom stereocenters. The lowest BCUT2D eigenvalue weighted by Crippen LogP contribution is -2.14. The maximum Gasteiger partial charge on any atom is 0.341 e. The molecule has 0 saturated carbocycles. The van der Waals surface area contributed by atoms with E-state index in [9.17, 15) is 9.59 Å². The van der Waals surface area contributed by atoms with Crippen molar-refractivity contribution in [2.75, 3.05) is 11.9 Å². The van der Waals surface area contributed by atoms with Gasteiger partial charge in [0.05, 0.1) is 6.61 Å². The summed E-state index contributed by atoms with van der Waals surface area (Å²) in [4.78, 5) is 25.8. The van der Waals surface area contributed by atoms with Gasteiger partial charge in [0, 0.05) is 16.5 Å². The fraction of sp³-hybridized carbons (Fsp3) is 0.143. The van der Waals surface area contributed by atoms with Crippen molar-refractivity contribution in [3.05, 3.63) is 100 Å². The molecule has 3 aromatic carbocycles. The molecular formula is C28H25NO3S. The van der Waals surface area contributed by atoms with Gasteiger partial charge in [0.2, 0.25) is 0 Å². The predicted octanol–water partition coefficient (Wildman–Crippen LogP) is 7.13. The lowest BCUT2D eigenvalue weighted by atomic mass is 9.97. The molecule has 1 N–H and O–H groups in total. The van der Waals surface area contributed by atoms with Gasteiger partial charge in [-0.25, -0.2) is 4.79 Å². The first kappa shape index (κ1) is 22.5. The van der Waals surface area contributed by atoms with Crippen LogP contribution >= 0.6 is 11.3 Å². The molecule has 0 aliphatic heterocycles. The summed E-state index contributed by atoms with van der Waals surface area (Å²) in [6.07, 6.45) is 0. The van der Waals surface area contributed by atoms with E-state index >= 15 is 0 Å². The number of hydrogen-bond donors (Lipinski definition) is 1. The lowest BCUT2D eigenvalue weighted by Gasteiger charge is -2.11. The Morgan fingerprint density at radius 1 is 0.879 bits per heavy atom. The Hall–Kier alpha value is -3.70. The molecule has 0 bridgehead atoms. The lowest BCUT2D eigenvalue weighted by molar-refractivity contribution is 0.0529. The summed E-state index contributed by atoms with van der Waals surface area (Å²) in [5.74, 6) is -0.711. The highest BCUT2D eigenvalue weighted by atomic mass is 32.1. The van der Waals surface area contributed by atoms with E-state index in [0.717, 1.165) is 33.4 Å². The highest BCUT2D eigenvalue weighted by Crippen LogP contribution is 2.38. The molecule has 166 valence electrons. The van der Waals surface area contributed by atoms with Gasteiger partial charge < -0.3 is 10.1 Å². The van der Waals surface area contributed by atoms with Gasteiger partial charge in [-0.2, -0.15) is 0 Å². The van der Waals surface area contributed by atoms with E-state index in [4.69, 9.17) is 4.74 Å². The molecule has 0 spiro atoms. The zero-order chi connectivity index (χ0) is 23.4. The number of aryl methyl sites for hydroxylation is 2. The first-order valence-corrected chi connectivity index (χ1v) is 11.7. The molecule has 33 heavy (non-hydrogen) atoms. The summed E-state index contributed by atoms with van der Waals surface area (Å²) in [6.45, 7) is 6.08. The third-order valence-electron chi connectivity index (χ3n) is 5.42. The van der Waals surface area contributed by atoms with Gasteiger partial charge in [-0.3, -0.25) is 4.79 Å². The first-order valence-electron chi connectivity index (χ1n) is 10.8. The Morgan fingerprint density at radius 2 is 1.58 bits per heavy atom. The minimum Gasteiger partial charge on any atom is -0.462 e. The largest absolute Gasteiger partial charge is 0.462 e. The third kappa shape index (κ3) is 4.89. The number of amides is 1. The van der Waals surface area contributed by atoms with Gasteiger partial charge in [0.25, 0.3) is 5.91 Å². The molecule has 0 radical (unpaired) electrons. The molecule has 0 fully saturated rings. The molecule has 1 amide bonds. The molecule has 0 saturated heterocycles. The van der Waals surface area contributed by atoms with Crippen LogP contribution in [-0.4, -0.2) is 18.5 Å². The van der Waals surface area contributed by atoms with Crippen LogP contribution in [0.15, 0.2) is 78.2 Å². The third-order valence-corrected chi connectivity index (χ3v) is 6.32. The Kier molecular flexibility index (Phi) is 6.71. The molecule has 1 heterocycles. The van der Waals surface area contributed by atoms with Gasteiger partial charge in [-0.1, -0.05) is 66.2 Å². The highest BCUT2D eigenvalue weighted by Gasteiger charge is 2.24. The SMILES string of the molecule is CCOC(=O)c1c(-c2ccc(C)cc2C)csc1NC(=O)c1ccc(-c2ccccc2)cc1. The second-order valence-electron chi connectivity index (χ2n) is 7.79. The Morgan fingerprint density at radius 3 is 2.24 bits per heavy atom. The van der Waals surface area contributed by atoms with E-state index < -0.39 is 5.97 Å². The van der Waals surface area contributed by atoms with Gasteiger partial charge >= 0.3 is 5.97 Å². The summed E-state index contributed by atoms with van der Waals surface area (Å²) >= 11 is 1.33. The molecule has 1 aromatic heterocycles. The average molecular weight is 456 g/mol. The number of esters is 1. The van der Waals surface area contributed by atoms with E-state index in [1.807, 2.05) is 73.8 Å². The highest BCUT2D eigenvalue weighted by molar-refractivity contribution is 7.15. The zero-order valence-electron chi connectivity index (χ0n) is 18.8. The molecule has 5 heteroatoms. The number of ether oxygens (including phenoxy) is 1. The van der Waals surface area contributed by atoms with E-state index in [1.165, 1.54) is 11.3 Å². The van der Waals surface area contributed by atoms with E-state index in [1.54, 1.807) is 19.1 Å². The topological polar surface area (TPSA) is 55.4 Å². The van der Waals surface area contributed by atoms with Crippen LogP contribution in [0.5, 0.6) is 0 Å². The monoisotopic (exact) mass is 455 g/mol. The normalized spacial score (nSPS) is 10.6. The van der Waals surface area contributed by atoms with Crippen molar-refractivity contribution in [1.29, 1.82) is 0 Å². The summed E-state index contributed by atoms with van der Waals surface area (Å²) < 4.78 is 5.32. The van der Waals surface area contributed by atoms with Crippen LogP contribution in [-0.2, 0) is 4.74 Å². The number of rotatable bonds is 6. The maximum atomic E-state index is 13.0. The molecule has 4 rings (SSSR count). The standard InChI is InChI=1S/C28H25NO3S/c1-4-32-28(31)25-24(23-15-10-18(2)16-19(23)3)17-33-27(25)29-26(30)22-13-11-21(12-14-22)20-8-6-5-7-9-20/h5-17H,4H2,1-3H3,(H,29,30). The van der Waals surface area contributed by atoms with Crippen LogP contribution in [0.4, 0.5) is 5.00 Å². The van der Waals surface area contributed by atoms with E-state index in [2.05, 4.69) is 11.4 Å². The van der Waals surface area contributed by atoms with Gasteiger partial charge in [0.15, 0.2) is 0 Å². The molecule has 4 nitrogen and oxygen atoms in total. The smallest absolute Gasteiger partial charge is 0.341 e. The van der Waals surface area contributed by atoms with E-state index in [0.29, 0.717) is 16.1 Å². The van der Waals surface area contributed by atoms with Crippen molar-refractivity contribution in [2.24, 2.45) is 0 Å². The van der Waals surface area contributed by atoms with Crippen molar-refractivity contribution >= 4 is 28.2 Å². The number of benzene rings is 3. The predicted molar refractivity (Wildman–Crippen MR) is 135 cm³/mol. The second kappa shape index (κ2) is 9.84. The first-order chi connectivity index (χ1) is 16.0. The average Bonchev–Trinajstić information content (AvgIpc) is 3.23. The second-order valence-corrected chi connectivity index (χ2v) is 8.67. The molecule has 0 aliphatic carbocycles. The quantitative estimate of drug-likeness (QED) is 0.315. The van der Waals surface area contributed by atoms with Crippen molar-refractivity contribution in [3.63, 3.8) is 0 Å². The molecular weight excluding hydrogens is 430 g/mol. The Bertz CT molecular complexity index is 1290. The molecule has 0 aliphatic rings. The summed E-state index contributed by atoms with van der Waals surface area (Å²) in [5, 5.41) is 5.31. The van der Waals surface area contributed by atoms with Gasteiger partial charge in [-0.05, 0) is 55.2 Å². The van der Waals surface area contributed by atoms with E-state index in [-0.39, 0.29) is 12.5 Å². The van der Waals surface area contributed by atoms with Crippen LogP contribution in [0.25, 0.3) is 22.3 Å². The number of carbonyl (C=O) groups is 2. The number of nitrogens with one attached hydrogen (secondary N) is 1. The molecule has 4 aromatic rings. The van der Waals surface area contributed by atoms with Crippen LogP contribution in [0, 0.1) is 13.8 Å². The van der Waals surface area contributed by atoms with Crippen LogP contribution in [0.1, 0.15) is 38.8 Å². The minimum atomic E-state index is -0.441. The van der Waals surface area contributed by atoms with Crippen LogP contribution in [0.2, 0.25) is 0 Å². The summed E-state index contributed by atoms with van der Waals surface area (Å²) in [5.41, 5.74) is 6.97. The fourth-order valence-corrected chi connectivity index (χ4v) is 4.73. The number of anilines is 1. The molecule has 0 atom stereocenters. The number of thiophene rings is 1. The summed E-state index contributed by atoms with van der Waals surface area (Å²) in [6, 6.07) is 23.5. The zero-order valence-corrected chi connectivity index (χ0v) is 19.7. The van der Waals surface area contributed by atoms with Crippen molar-refractivity contribution in [3.8, 4) is 22.3 Å². The van der Waals surface area contributed by atoms with Crippen molar-refractivity contribution < 1.29 is 14.3 Å². The maximum absolute atomic E-state index is 13.0. The Labute approximate surface area is 197 Å².